The van der Waals surface area contributed by atoms with Gasteiger partial charge >= 0.3 is 12.1 Å². The van der Waals surface area contributed by atoms with Crippen molar-refractivity contribution in [3.8, 4) is 0 Å². The van der Waals surface area contributed by atoms with Gasteiger partial charge in [0.15, 0.2) is 0 Å². The first-order valence-corrected chi connectivity index (χ1v) is 11.4. The lowest BCUT2D eigenvalue weighted by Gasteiger charge is -2.22. The van der Waals surface area contributed by atoms with Crippen LogP contribution in [0.4, 0.5) is 4.79 Å². The molecule has 1 atom stereocenters. The fraction of sp³-hybridized carbons (Fsp3) is 0.321. The van der Waals surface area contributed by atoms with Crippen LogP contribution in [0.1, 0.15) is 39.2 Å². The average Bonchev–Trinajstić information content (AvgIpc) is 2.79. The van der Waals surface area contributed by atoms with Gasteiger partial charge in [0.1, 0.15) is 17.4 Å². The molecule has 0 aromatic heterocycles. The number of methoxy groups -OCH3 is 1. The first-order valence-electron chi connectivity index (χ1n) is 11.4. The topological polar surface area (TPSA) is 81.7 Å². The molecule has 0 radical (unpaired) electrons. The Bertz CT molecular complexity index is 1350. The molecular formula is C28H29NO5. The van der Waals surface area contributed by atoms with E-state index < -0.39 is 23.7 Å². The highest BCUT2D eigenvalue weighted by Gasteiger charge is 2.27. The quantitative estimate of drug-likeness (QED) is 0.290. The standard InChI is InChI=1S/C28H29NO5/c1-28(2,3)34-27(32)29-23(26(31)33-4)16-21(30)14-12-17-8-9-20-11-10-18-6-5-7-19-13-15-22(17)25(20)24(18)19/h5-11,13,15,23H,12,14,16H2,1-4H3,(H,29,32)/t23-/m0/s1. The van der Waals surface area contributed by atoms with Crippen molar-refractivity contribution in [2.45, 2.75) is 51.7 Å². The normalized spacial score (nSPS) is 12.7. The number of hydrogen-bond acceptors (Lipinski definition) is 5. The van der Waals surface area contributed by atoms with Gasteiger partial charge in [-0.1, -0.05) is 54.6 Å². The number of esters is 1. The molecule has 0 heterocycles. The molecular weight excluding hydrogens is 430 g/mol. The number of benzene rings is 4. The summed E-state index contributed by atoms with van der Waals surface area (Å²) < 4.78 is 9.98. The van der Waals surface area contributed by atoms with Gasteiger partial charge in [-0.25, -0.2) is 9.59 Å². The lowest BCUT2D eigenvalue weighted by molar-refractivity contribution is -0.144. The van der Waals surface area contributed by atoms with Gasteiger partial charge in [-0.2, -0.15) is 0 Å². The Morgan fingerprint density at radius 2 is 1.50 bits per heavy atom. The molecule has 1 N–H and O–H groups in total. The number of nitrogens with one attached hydrogen (secondary N) is 1. The smallest absolute Gasteiger partial charge is 0.408 e. The molecule has 0 saturated heterocycles. The number of carbonyl (C=O) groups is 3. The minimum absolute atomic E-state index is 0.142. The summed E-state index contributed by atoms with van der Waals surface area (Å²) in [5.74, 6) is -0.820. The third-order valence-electron chi connectivity index (χ3n) is 5.90. The summed E-state index contributed by atoms with van der Waals surface area (Å²) in [6, 6.07) is 17.8. The fourth-order valence-corrected chi connectivity index (χ4v) is 4.40. The molecule has 0 unspecified atom stereocenters. The molecule has 0 aliphatic heterocycles. The predicted octanol–water partition coefficient (Wildman–Crippen LogP) is 5.54. The summed E-state index contributed by atoms with van der Waals surface area (Å²) in [7, 11) is 1.22. The van der Waals surface area contributed by atoms with E-state index in [-0.39, 0.29) is 18.6 Å². The zero-order valence-electron chi connectivity index (χ0n) is 19.9. The van der Waals surface area contributed by atoms with Crippen molar-refractivity contribution < 1.29 is 23.9 Å². The number of aryl methyl sites for hydroxylation is 1. The van der Waals surface area contributed by atoms with E-state index in [9.17, 15) is 14.4 Å². The second-order valence-electron chi connectivity index (χ2n) is 9.55. The van der Waals surface area contributed by atoms with E-state index >= 15 is 0 Å². The van der Waals surface area contributed by atoms with Crippen molar-refractivity contribution >= 4 is 50.2 Å². The molecule has 4 rings (SSSR count). The van der Waals surface area contributed by atoms with Crippen molar-refractivity contribution in [2.24, 2.45) is 0 Å². The highest BCUT2D eigenvalue weighted by Crippen LogP contribution is 2.36. The summed E-state index contributed by atoms with van der Waals surface area (Å²) in [4.78, 5) is 37.0. The van der Waals surface area contributed by atoms with Crippen molar-refractivity contribution in [1.82, 2.24) is 5.32 Å². The molecule has 1 amide bonds. The number of ketones is 1. The molecule has 0 fully saturated rings. The molecule has 34 heavy (non-hydrogen) atoms. The van der Waals surface area contributed by atoms with Crippen molar-refractivity contribution in [3.05, 3.63) is 60.2 Å². The maximum absolute atomic E-state index is 12.8. The number of Topliss-reactive ketones (excluding diaryl/α,β-unsaturated/α-hetero) is 1. The molecule has 6 nitrogen and oxygen atoms in total. The van der Waals surface area contributed by atoms with Crippen LogP contribution in [-0.2, 0) is 25.5 Å². The molecule has 0 aliphatic rings. The van der Waals surface area contributed by atoms with E-state index in [1.807, 2.05) is 0 Å². The van der Waals surface area contributed by atoms with Gasteiger partial charge in [0.25, 0.3) is 0 Å². The second-order valence-corrected chi connectivity index (χ2v) is 9.55. The Kier molecular flexibility index (Phi) is 6.42. The van der Waals surface area contributed by atoms with E-state index in [2.05, 4.69) is 59.9 Å². The summed E-state index contributed by atoms with van der Waals surface area (Å²) in [5, 5.41) is 9.59. The van der Waals surface area contributed by atoms with Gasteiger partial charge in [0.2, 0.25) is 0 Å². The number of alkyl carbamates (subject to hydrolysis) is 1. The van der Waals surface area contributed by atoms with Crippen LogP contribution in [0.15, 0.2) is 54.6 Å². The number of rotatable bonds is 7. The lowest BCUT2D eigenvalue weighted by Crippen LogP contribution is -2.45. The molecule has 6 heteroatoms. The fourth-order valence-electron chi connectivity index (χ4n) is 4.40. The highest BCUT2D eigenvalue weighted by atomic mass is 16.6. The van der Waals surface area contributed by atoms with Crippen LogP contribution in [0.2, 0.25) is 0 Å². The molecule has 0 aliphatic carbocycles. The second kappa shape index (κ2) is 9.29. The van der Waals surface area contributed by atoms with Crippen LogP contribution in [0.3, 0.4) is 0 Å². The van der Waals surface area contributed by atoms with Gasteiger partial charge in [-0.05, 0) is 65.1 Å². The minimum atomic E-state index is -1.09. The zero-order chi connectivity index (χ0) is 24.5. The van der Waals surface area contributed by atoms with Crippen molar-refractivity contribution in [1.29, 1.82) is 0 Å². The Labute approximate surface area is 198 Å². The number of amides is 1. The van der Waals surface area contributed by atoms with Gasteiger partial charge in [-0.15, -0.1) is 0 Å². The number of ether oxygens (including phenoxy) is 2. The monoisotopic (exact) mass is 459 g/mol. The van der Waals surface area contributed by atoms with Gasteiger partial charge in [0.05, 0.1) is 7.11 Å². The molecule has 4 aromatic carbocycles. The largest absolute Gasteiger partial charge is 0.467 e. The van der Waals surface area contributed by atoms with Crippen molar-refractivity contribution in [3.63, 3.8) is 0 Å². The molecule has 0 saturated carbocycles. The SMILES string of the molecule is COC(=O)[C@H](CC(=O)CCc1ccc2ccc3cccc4ccc1c2c34)NC(=O)OC(C)(C)C. The molecule has 4 aromatic rings. The predicted molar refractivity (Wildman–Crippen MR) is 133 cm³/mol. The van der Waals surface area contributed by atoms with Crippen LogP contribution in [0.5, 0.6) is 0 Å². The third kappa shape index (κ3) is 4.96. The van der Waals surface area contributed by atoms with Crippen molar-refractivity contribution in [2.75, 3.05) is 7.11 Å². The maximum Gasteiger partial charge on any atom is 0.408 e. The molecule has 0 bridgehead atoms. The average molecular weight is 460 g/mol. The van der Waals surface area contributed by atoms with Gasteiger partial charge in [0, 0.05) is 12.8 Å². The summed E-state index contributed by atoms with van der Waals surface area (Å²) in [6.07, 6.45) is -0.138. The third-order valence-corrected chi connectivity index (χ3v) is 5.90. The summed E-state index contributed by atoms with van der Waals surface area (Å²) >= 11 is 0. The van der Waals surface area contributed by atoms with Gasteiger partial charge < -0.3 is 14.8 Å². The highest BCUT2D eigenvalue weighted by molar-refractivity contribution is 6.23. The Hall–Kier alpha value is -3.67. The Morgan fingerprint density at radius 1 is 0.882 bits per heavy atom. The van der Waals surface area contributed by atoms with E-state index in [1.54, 1.807) is 20.8 Å². The number of hydrogen-bond donors (Lipinski definition) is 1. The van der Waals surface area contributed by atoms with Gasteiger partial charge in [-0.3, -0.25) is 4.79 Å². The van der Waals surface area contributed by atoms with E-state index in [4.69, 9.17) is 9.47 Å². The van der Waals surface area contributed by atoms with Crippen LogP contribution in [-0.4, -0.2) is 36.6 Å². The van der Waals surface area contributed by atoms with E-state index in [0.29, 0.717) is 6.42 Å². The van der Waals surface area contributed by atoms with Crippen LogP contribution in [0, 0.1) is 0 Å². The summed E-state index contributed by atoms with van der Waals surface area (Å²) in [5.41, 5.74) is 0.359. The molecule has 176 valence electrons. The first-order chi connectivity index (χ1) is 16.2. The molecule has 0 spiro atoms. The first kappa shape index (κ1) is 23.5. The summed E-state index contributed by atoms with van der Waals surface area (Å²) in [6.45, 7) is 5.17. The minimum Gasteiger partial charge on any atom is -0.467 e. The van der Waals surface area contributed by atoms with E-state index in [0.717, 1.165) is 10.9 Å². The maximum atomic E-state index is 12.8. The zero-order valence-corrected chi connectivity index (χ0v) is 19.9. The van der Waals surface area contributed by atoms with Crippen LogP contribution in [0.25, 0.3) is 32.3 Å². The van der Waals surface area contributed by atoms with Crippen LogP contribution >= 0.6 is 0 Å². The lowest BCUT2D eigenvalue weighted by atomic mass is 9.90. The Balaban J connectivity index is 1.51. The Morgan fingerprint density at radius 3 is 2.15 bits per heavy atom. The van der Waals surface area contributed by atoms with E-state index in [1.165, 1.54) is 34.0 Å². The van der Waals surface area contributed by atoms with Crippen LogP contribution < -0.4 is 5.32 Å². The number of carbonyl (C=O) groups excluding carboxylic acids is 3.